The van der Waals surface area contributed by atoms with Gasteiger partial charge in [0.15, 0.2) is 0 Å². The van der Waals surface area contributed by atoms with Crippen LogP contribution in [-0.2, 0) is 4.74 Å². The minimum absolute atomic E-state index is 0.0933. The summed E-state index contributed by atoms with van der Waals surface area (Å²) < 4.78 is 5.57. The fourth-order valence-electron chi connectivity index (χ4n) is 2.64. The van der Waals surface area contributed by atoms with E-state index in [0.29, 0.717) is 5.56 Å². The highest BCUT2D eigenvalue weighted by atomic mass is 16.5. The van der Waals surface area contributed by atoms with Crippen molar-refractivity contribution in [3.8, 4) is 6.07 Å². The number of hydrogen-bond donors (Lipinski definition) is 1. The third-order valence-corrected chi connectivity index (χ3v) is 3.74. The molecule has 6 heteroatoms. The van der Waals surface area contributed by atoms with Gasteiger partial charge in [-0.25, -0.2) is 0 Å². The summed E-state index contributed by atoms with van der Waals surface area (Å²) >= 11 is 0. The molecule has 1 aromatic heterocycles. The van der Waals surface area contributed by atoms with Crippen LogP contribution in [-0.4, -0.2) is 41.7 Å². The molecule has 102 valence electrons. The molecule has 6 nitrogen and oxygen atoms in total. The van der Waals surface area contributed by atoms with Crippen molar-refractivity contribution < 1.29 is 4.74 Å². The molecule has 1 aromatic carbocycles. The van der Waals surface area contributed by atoms with Crippen LogP contribution in [0.1, 0.15) is 17.2 Å². The lowest BCUT2D eigenvalue weighted by molar-refractivity contribution is 0.106. The molecule has 1 aliphatic heterocycles. The average molecular weight is 269 g/mol. The van der Waals surface area contributed by atoms with E-state index in [9.17, 15) is 0 Å². The number of methoxy groups -OCH3 is 1. The van der Waals surface area contributed by atoms with Crippen LogP contribution in [0, 0.1) is 11.3 Å². The van der Waals surface area contributed by atoms with Crippen molar-refractivity contribution in [2.24, 2.45) is 0 Å². The molecule has 0 saturated carbocycles. The van der Waals surface area contributed by atoms with E-state index >= 15 is 0 Å². The Hall–Kier alpha value is -2.39. The molecule has 1 fully saturated rings. The Bertz CT molecular complexity index is 601. The maximum Gasteiger partial charge on any atom is 0.0991 e. The van der Waals surface area contributed by atoms with Gasteiger partial charge in [-0.15, -0.1) is 0 Å². The highest BCUT2D eigenvalue weighted by molar-refractivity contribution is 5.51. The molecule has 1 saturated heterocycles. The van der Waals surface area contributed by atoms with Crippen LogP contribution in [0.2, 0.25) is 0 Å². The van der Waals surface area contributed by atoms with Crippen molar-refractivity contribution in [1.29, 1.82) is 5.26 Å². The smallest absolute Gasteiger partial charge is 0.0991 e. The van der Waals surface area contributed by atoms with E-state index in [1.54, 1.807) is 13.3 Å². The van der Waals surface area contributed by atoms with Crippen LogP contribution in [0.3, 0.4) is 0 Å². The van der Waals surface area contributed by atoms with Crippen LogP contribution < -0.4 is 4.90 Å². The van der Waals surface area contributed by atoms with Crippen molar-refractivity contribution in [1.82, 2.24) is 15.4 Å². The molecule has 0 spiro atoms. The van der Waals surface area contributed by atoms with Gasteiger partial charge in [0.2, 0.25) is 0 Å². The van der Waals surface area contributed by atoms with Gasteiger partial charge in [-0.05, 0) is 24.3 Å². The number of nitriles is 1. The van der Waals surface area contributed by atoms with Gasteiger partial charge in [0.25, 0.3) is 0 Å². The molecule has 0 aliphatic carbocycles. The summed E-state index contributed by atoms with van der Waals surface area (Å²) in [6.07, 6.45) is 1.84. The highest BCUT2D eigenvalue weighted by Crippen LogP contribution is 2.31. The molecule has 0 radical (unpaired) electrons. The first-order valence-corrected chi connectivity index (χ1v) is 6.45. The van der Waals surface area contributed by atoms with Crippen molar-refractivity contribution in [2.45, 2.75) is 12.0 Å². The van der Waals surface area contributed by atoms with E-state index in [0.717, 1.165) is 24.5 Å². The molecule has 2 aromatic rings. The zero-order chi connectivity index (χ0) is 13.9. The van der Waals surface area contributed by atoms with Crippen LogP contribution in [0.5, 0.6) is 0 Å². The van der Waals surface area contributed by atoms with Gasteiger partial charge in [-0.2, -0.15) is 20.7 Å². The number of hydrogen-bond acceptors (Lipinski definition) is 5. The number of aromatic amines is 1. The third-order valence-electron chi connectivity index (χ3n) is 3.74. The second-order valence-corrected chi connectivity index (χ2v) is 4.84. The standard InChI is InChI=1S/C14H15N5O/c1-20-14-9-19(8-12(14)13-7-16-18-17-13)11-4-2-10(6-15)3-5-11/h2-5,7,12,14H,8-9H2,1H3,(H,16,17,18)/t12-,14+/m0/s1. The fraction of sp³-hybridized carbons (Fsp3) is 0.357. The molecule has 1 aliphatic rings. The van der Waals surface area contributed by atoms with Gasteiger partial charge in [-0.1, -0.05) is 0 Å². The number of nitrogens with zero attached hydrogens (tertiary/aromatic N) is 4. The summed E-state index contributed by atoms with van der Waals surface area (Å²) in [6, 6.07) is 9.74. The van der Waals surface area contributed by atoms with E-state index in [1.165, 1.54) is 0 Å². The maximum absolute atomic E-state index is 8.84. The van der Waals surface area contributed by atoms with E-state index in [1.807, 2.05) is 24.3 Å². The minimum Gasteiger partial charge on any atom is -0.379 e. The molecule has 3 rings (SSSR count). The maximum atomic E-state index is 8.84. The molecular formula is C14H15N5O. The van der Waals surface area contributed by atoms with Crippen molar-refractivity contribution in [3.05, 3.63) is 41.7 Å². The van der Waals surface area contributed by atoms with Crippen LogP contribution in [0.25, 0.3) is 0 Å². The Balaban J connectivity index is 1.81. The first-order valence-electron chi connectivity index (χ1n) is 6.45. The quantitative estimate of drug-likeness (QED) is 0.908. The monoisotopic (exact) mass is 269 g/mol. The molecule has 0 unspecified atom stereocenters. The van der Waals surface area contributed by atoms with Crippen LogP contribution in [0.4, 0.5) is 5.69 Å². The molecule has 0 amide bonds. The largest absolute Gasteiger partial charge is 0.379 e. The van der Waals surface area contributed by atoms with E-state index in [-0.39, 0.29) is 12.0 Å². The van der Waals surface area contributed by atoms with E-state index in [2.05, 4.69) is 26.4 Å². The highest BCUT2D eigenvalue weighted by Gasteiger charge is 2.35. The lowest BCUT2D eigenvalue weighted by atomic mass is 10.0. The Morgan fingerprint density at radius 2 is 2.15 bits per heavy atom. The molecular weight excluding hydrogens is 254 g/mol. The number of H-pyrrole nitrogens is 1. The SMILES string of the molecule is CO[C@@H]1CN(c2ccc(C#N)cc2)C[C@H]1c1cn[nH]n1. The Kier molecular flexibility index (Phi) is 3.35. The molecule has 2 atom stereocenters. The fourth-order valence-corrected chi connectivity index (χ4v) is 2.64. The van der Waals surface area contributed by atoms with Gasteiger partial charge >= 0.3 is 0 Å². The number of benzene rings is 1. The van der Waals surface area contributed by atoms with E-state index in [4.69, 9.17) is 10.00 Å². The summed E-state index contributed by atoms with van der Waals surface area (Å²) in [7, 11) is 1.72. The number of rotatable bonds is 3. The third kappa shape index (κ3) is 2.24. The number of aromatic nitrogens is 3. The summed E-state index contributed by atoms with van der Waals surface area (Å²) in [5.41, 5.74) is 2.69. The van der Waals surface area contributed by atoms with Crippen LogP contribution in [0.15, 0.2) is 30.5 Å². The van der Waals surface area contributed by atoms with Crippen molar-refractivity contribution >= 4 is 5.69 Å². The molecule has 0 bridgehead atoms. The second-order valence-electron chi connectivity index (χ2n) is 4.84. The summed E-state index contributed by atoms with van der Waals surface area (Å²) in [5.74, 6) is 0.203. The Morgan fingerprint density at radius 1 is 1.35 bits per heavy atom. The predicted molar refractivity (Wildman–Crippen MR) is 73.3 cm³/mol. The number of nitrogens with one attached hydrogen (secondary N) is 1. The first kappa shape index (κ1) is 12.6. The lowest BCUT2D eigenvalue weighted by Crippen LogP contribution is -2.22. The molecule has 2 heterocycles. The first-order chi connectivity index (χ1) is 9.81. The summed E-state index contributed by atoms with van der Waals surface area (Å²) in [5, 5.41) is 19.5. The average Bonchev–Trinajstić information content (AvgIpc) is 3.16. The lowest BCUT2D eigenvalue weighted by Gasteiger charge is -2.18. The summed E-state index contributed by atoms with van der Waals surface area (Å²) in [4.78, 5) is 2.24. The van der Waals surface area contributed by atoms with Gasteiger partial charge < -0.3 is 9.64 Å². The predicted octanol–water partition coefficient (Wildman–Crippen LogP) is 1.30. The van der Waals surface area contributed by atoms with Crippen LogP contribution >= 0.6 is 0 Å². The van der Waals surface area contributed by atoms with Crippen molar-refractivity contribution in [3.63, 3.8) is 0 Å². The summed E-state index contributed by atoms with van der Waals surface area (Å²) in [6.45, 7) is 1.64. The Morgan fingerprint density at radius 3 is 2.75 bits per heavy atom. The number of anilines is 1. The molecule has 1 N–H and O–H groups in total. The van der Waals surface area contributed by atoms with Crippen molar-refractivity contribution in [2.75, 3.05) is 25.1 Å². The van der Waals surface area contributed by atoms with Gasteiger partial charge in [0.1, 0.15) is 0 Å². The Labute approximate surface area is 117 Å². The zero-order valence-electron chi connectivity index (χ0n) is 11.2. The van der Waals surface area contributed by atoms with E-state index < -0.39 is 0 Å². The van der Waals surface area contributed by atoms with Gasteiger partial charge in [0, 0.05) is 25.9 Å². The zero-order valence-corrected chi connectivity index (χ0v) is 11.2. The van der Waals surface area contributed by atoms with Gasteiger partial charge in [0.05, 0.1) is 35.5 Å². The second kappa shape index (κ2) is 5.31. The topological polar surface area (TPSA) is 77.8 Å². The molecule has 20 heavy (non-hydrogen) atoms. The normalized spacial score (nSPS) is 21.9. The van der Waals surface area contributed by atoms with Gasteiger partial charge in [-0.3, -0.25) is 0 Å². The number of ether oxygens (including phenoxy) is 1. The minimum atomic E-state index is 0.0933.